The number of esters is 1. The van der Waals surface area contributed by atoms with Crippen molar-refractivity contribution < 1.29 is 28.5 Å². The number of ether oxygens (including phenoxy) is 5. The van der Waals surface area contributed by atoms with Crippen LogP contribution in [-0.4, -0.2) is 31.4 Å². The number of fused-ring (bicyclic) bond motifs is 1. The minimum Gasteiger partial charge on any atom is -0.490 e. The van der Waals surface area contributed by atoms with Crippen LogP contribution in [-0.2, 0) is 22.4 Å². The first kappa shape index (κ1) is 26.4. The molecule has 0 N–H and O–H groups in total. The molecule has 0 spiro atoms. The summed E-state index contributed by atoms with van der Waals surface area (Å²) in [6.45, 7) is 7.02. The van der Waals surface area contributed by atoms with Crippen LogP contribution in [0.15, 0.2) is 66.7 Å². The van der Waals surface area contributed by atoms with Gasteiger partial charge in [0.05, 0.1) is 6.61 Å². The maximum atomic E-state index is 12.6. The highest BCUT2D eigenvalue weighted by Gasteiger charge is 2.43. The topological polar surface area (TPSA) is 63.2 Å². The van der Waals surface area contributed by atoms with Gasteiger partial charge in [-0.2, -0.15) is 0 Å². The number of rotatable bonds is 12. The second-order valence-corrected chi connectivity index (χ2v) is 9.07. The van der Waals surface area contributed by atoms with Gasteiger partial charge in [0.1, 0.15) is 42.0 Å². The molecule has 3 aromatic carbocycles. The van der Waals surface area contributed by atoms with Crippen molar-refractivity contribution in [3.05, 3.63) is 77.9 Å². The standard InChI is InChI=1S/C31H36O6/c1-4-10-24-21-27(36-25-11-8-7-9-12-25)15-16-28(24)35-20-19-34-26-14-13-23-17-18-31(5-2,30(32)33-6-3)37-29(23)22-26/h7-9,11-16,21-22H,4-6,10,17-20H2,1-3H3. The molecule has 0 amide bonds. The number of aryl methyl sites for hydroxylation is 2. The molecule has 0 aliphatic carbocycles. The molecule has 0 bridgehead atoms. The molecule has 0 saturated heterocycles. The first-order valence-corrected chi connectivity index (χ1v) is 13.2. The number of carbonyl (C=O) groups excluding carboxylic acids is 1. The average Bonchev–Trinajstić information content (AvgIpc) is 2.92. The third-order valence-electron chi connectivity index (χ3n) is 6.50. The highest BCUT2D eigenvalue weighted by atomic mass is 16.6. The van der Waals surface area contributed by atoms with Crippen molar-refractivity contribution in [1.82, 2.24) is 0 Å². The maximum absolute atomic E-state index is 12.6. The molecule has 4 rings (SSSR count). The quantitative estimate of drug-likeness (QED) is 0.197. The third kappa shape index (κ3) is 6.56. The van der Waals surface area contributed by atoms with Gasteiger partial charge in [0.25, 0.3) is 0 Å². The van der Waals surface area contributed by atoms with Gasteiger partial charge in [0.15, 0.2) is 0 Å². The van der Waals surface area contributed by atoms with Crippen molar-refractivity contribution in [2.75, 3.05) is 19.8 Å². The minimum atomic E-state index is -0.934. The molecule has 37 heavy (non-hydrogen) atoms. The number of hydrogen-bond donors (Lipinski definition) is 0. The van der Waals surface area contributed by atoms with E-state index in [2.05, 4.69) is 6.92 Å². The Morgan fingerprint density at radius 3 is 2.43 bits per heavy atom. The fourth-order valence-corrected chi connectivity index (χ4v) is 4.48. The summed E-state index contributed by atoms with van der Waals surface area (Å²) >= 11 is 0. The first-order valence-electron chi connectivity index (χ1n) is 13.2. The fraction of sp³-hybridized carbons (Fsp3) is 0.387. The van der Waals surface area contributed by atoms with E-state index in [0.29, 0.717) is 44.2 Å². The highest BCUT2D eigenvalue weighted by molar-refractivity contribution is 5.80. The zero-order chi connectivity index (χ0) is 26.1. The minimum absolute atomic E-state index is 0.300. The second-order valence-electron chi connectivity index (χ2n) is 9.07. The summed E-state index contributed by atoms with van der Waals surface area (Å²) in [5.74, 6) is 3.49. The monoisotopic (exact) mass is 504 g/mol. The van der Waals surface area contributed by atoms with Crippen molar-refractivity contribution >= 4 is 5.97 Å². The fourth-order valence-electron chi connectivity index (χ4n) is 4.48. The van der Waals surface area contributed by atoms with Crippen LogP contribution in [0.5, 0.6) is 28.7 Å². The van der Waals surface area contributed by atoms with Gasteiger partial charge in [0, 0.05) is 12.5 Å². The first-order chi connectivity index (χ1) is 18.1. The SMILES string of the molecule is CCCc1cc(Oc2ccccc2)ccc1OCCOc1ccc2c(c1)OC(CC)(C(=O)OCC)CC2. The molecule has 0 saturated carbocycles. The zero-order valence-corrected chi connectivity index (χ0v) is 22.0. The Kier molecular flexibility index (Phi) is 8.94. The van der Waals surface area contributed by atoms with Gasteiger partial charge >= 0.3 is 5.97 Å². The van der Waals surface area contributed by atoms with E-state index in [9.17, 15) is 4.79 Å². The van der Waals surface area contributed by atoms with Crippen LogP contribution in [0.1, 0.15) is 51.2 Å². The zero-order valence-electron chi connectivity index (χ0n) is 22.0. The van der Waals surface area contributed by atoms with Crippen LogP contribution < -0.4 is 18.9 Å². The Labute approximate surface area is 219 Å². The molecule has 1 unspecified atom stereocenters. The van der Waals surface area contributed by atoms with E-state index in [1.807, 2.05) is 80.6 Å². The van der Waals surface area contributed by atoms with Crippen molar-refractivity contribution in [1.29, 1.82) is 0 Å². The van der Waals surface area contributed by atoms with Crippen LogP contribution in [0.25, 0.3) is 0 Å². The highest BCUT2D eigenvalue weighted by Crippen LogP contribution is 2.38. The van der Waals surface area contributed by atoms with E-state index >= 15 is 0 Å². The number of hydrogen-bond acceptors (Lipinski definition) is 6. The van der Waals surface area contributed by atoms with Crippen molar-refractivity contribution in [3.8, 4) is 28.7 Å². The summed E-state index contributed by atoms with van der Waals surface area (Å²) < 4.78 is 29.5. The molecule has 1 aliphatic heterocycles. The molecule has 0 aromatic heterocycles. The van der Waals surface area contributed by atoms with Gasteiger partial charge in [0.2, 0.25) is 5.60 Å². The van der Waals surface area contributed by atoms with E-state index in [0.717, 1.165) is 47.6 Å². The van der Waals surface area contributed by atoms with Crippen LogP contribution in [0.4, 0.5) is 0 Å². The lowest BCUT2D eigenvalue weighted by atomic mass is 9.88. The van der Waals surface area contributed by atoms with Crippen LogP contribution in [0.3, 0.4) is 0 Å². The lowest BCUT2D eigenvalue weighted by Gasteiger charge is -2.35. The largest absolute Gasteiger partial charge is 0.490 e. The van der Waals surface area contributed by atoms with E-state index in [4.69, 9.17) is 23.7 Å². The normalized spacial score (nSPS) is 16.3. The van der Waals surface area contributed by atoms with Gasteiger partial charge in [-0.3, -0.25) is 0 Å². The lowest BCUT2D eigenvalue weighted by Crippen LogP contribution is -2.47. The molecule has 196 valence electrons. The van der Waals surface area contributed by atoms with Gasteiger partial charge in [-0.15, -0.1) is 0 Å². The molecule has 0 radical (unpaired) electrons. The van der Waals surface area contributed by atoms with Crippen LogP contribution >= 0.6 is 0 Å². The Hall–Kier alpha value is -3.67. The van der Waals surface area contributed by atoms with Gasteiger partial charge < -0.3 is 23.7 Å². The average molecular weight is 505 g/mol. The summed E-state index contributed by atoms with van der Waals surface area (Å²) in [6, 6.07) is 21.5. The van der Waals surface area contributed by atoms with Crippen LogP contribution in [0.2, 0.25) is 0 Å². The molecule has 6 nitrogen and oxygen atoms in total. The Balaban J connectivity index is 1.35. The van der Waals surface area contributed by atoms with Crippen molar-refractivity contribution in [2.45, 2.75) is 58.5 Å². The predicted octanol–water partition coefficient (Wildman–Crippen LogP) is 6.93. The molecule has 3 aromatic rings. The van der Waals surface area contributed by atoms with Crippen LogP contribution in [0, 0.1) is 0 Å². The summed E-state index contributed by atoms with van der Waals surface area (Å²) in [7, 11) is 0. The Bertz CT molecular complexity index is 1180. The molecule has 1 heterocycles. The molecule has 6 heteroatoms. The lowest BCUT2D eigenvalue weighted by molar-refractivity contribution is -0.163. The molecule has 1 atom stereocenters. The summed E-state index contributed by atoms with van der Waals surface area (Å²) in [5.41, 5.74) is 1.24. The van der Waals surface area contributed by atoms with E-state index in [1.165, 1.54) is 0 Å². The maximum Gasteiger partial charge on any atom is 0.350 e. The summed E-state index contributed by atoms with van der Waals surface area (Å²) in [5, 5.41) is 0. The number of para-hydroxylation sites is 1. The molecule has 1 aliphatic rings. The van der Waals surface area contributed by atoms with Gasteiger partial charge in [-0.05, 0) is 73.7 Å². The second kappa shape index (κ2) is 12.5. The molecular weight excluding hydrogens is 468 g/mol. The third-order valence-corrected chi connectivity index (χ3v) is 6.50. The summed E-state index contributed by atoms with van der Waals surface area (Å²) in [4.78, 5) is 12.6. The predicted molar refractivity (Wildman–Crippen MR) is 143 cm³/mol. The Morgan fingerprint density at radius 1 is 0.892 bits per heavy atom. The molecular formula is C31H36O6. The van der Waals surface area contributed by atoms with E-state index in [1.54, 1.807) is 0 Å². The molecule has 0 fully saturated rings. The summed E-state index contributed by atoms with van der Waals surface area (Å²) in [6.07, 6.45) is 3.82. The van der Waals surface area contributed by atoms with Crippen molar-refractivity contribution in [3.63, 3.8) is 0 Å². The number of benzene rings is 3. The Morgan fingerprint density at radius 2 is 1.68 bits per heavy atom. The van der Waals surface area contributed by atoms with Gasteiger partial charge in [-0.25, -0.2) is 4.79 Å². The van der Waals surface area contributed by atoms with Crippen molar-refractivity contribution in [2.24, 2.45) is 0 Å². The smallest absolute Gasteiger partial charge is 0.350 e. The van der Waals surface area contributed by atoms with Gasteiger partial charge in [-0.1, -0.05) is 44.5 Å². The number of carbonyl (C=O) groups is 1. The van der Waals surface area contributed by atoms with E-state index < -0.39 is 5.60 Å². The van der Waals surface area contributed by atoms with E-state index in [-0.39, 0.29) is 5.97 Å².